The number of methoxy groups -OCH3 is 2. The minimum Gasteiger partial charge on any atom is -0.493 e. The van der Waals surface area contributed by atoms with Crippen molar-refractivity contribution in [2.45, 2.75) is 6.42 Å². The second kappa shape index (κ2) is 8.85. The molecule has 30 heavy (non-hydrogen) atoms. The van der Waals surface area contributed by atoms with Crippen molar-refractivity contribution in [1.82, 2.24) is 9.88 Å². The highest BCUT2D eigenvalue weighted by atomic mass is 32.2. The summed E-state index contributed by atoms with van der Waals surface area (Å²) < 4.78 is 11.2. The molecule has 0 bridgehead atoms. The number of para-hydroxylation sites is 1. The van der Waals surface area contributed by atoms with Crippen LogP contribution in [0.4, 0.5) is 0 Å². The highest BCUT2D eigenvalue weighted by molar-refractivity contribution is 8.26. The predicted octanol–water partition coefficient (Wildman–Crippen LogP) is 4.70. The molecule has 0 radical (unpaired) electrons. The smallest absolute Gasteiger partial charge is 0.266 e. The molecular formula is C23H20N2O3S2. The Morgan fingerprint density at radius 2 is 1.90 bits per heavy atom. The van der Waals surface area contributed by atoms with Crippen LogP contribution in [0.15, 0.2) is 59.6 Å². The third kappa shape index (κ3) is 4.04. The van der Waals surface area contributed by atoms with Crippen molar-refractivity contribution < 1.29 is 14.3 Å². The van der Waals surface area contributed by atoms with E-state index < -0.39 is 0 Å². The van der Waals surface area contributed by atoms with Crippen molar-refractivity contribution in [2.75, 3.05) is 20.8 Å². The van der Waals surface area contributed by atoms with Gasteiger partial charge in [-0.1, -0.05) is 54.3 Å². The maximum atomic E-state index is 13.0. The number of thiocarbonyl (C=S) groups is 1. The first-order chi connectivity index (χ1) is 14.6. The molecule has 5 nitrogen and oxygen atoms in total. The lowest BCUT2D eigenvalue weighted by Gasteiger charge is -2.15. The van der Waals surface area contributed by atoms with E-state index in [9.17, 15) is 4.79 Å². The SMILES string of the molecule is COc1ccc(CCN2C(=O)/C(=C/c3cccc4cccnc34)SC2=S)cc1OC. The molecule has 0 saturated carbocycles. The summed E-state index contributed by atoms with van der Waals surface area (Å²) in [6.07, 6.45) is 4.30. The predicted molar refractivity (Wildman–Crippen MR) is 125 cm³/mol. The van der Waals surface area contributed by atoms with Crippen molar-refractivity contribution >= 4 is 51.2 Å². The van der Waals surface area contributed by atoms with Crippen LogP contribution in [0.1, 0.15) is 11.1 Å². The Kier molecular flexibility index (Phi) is 6.01. The van der Waals surface area contributed by atoms with Gasteiger partial charge in [0.1, 0.15) is 4.32 Å². The maximum absolute atomic E-state index is 13.0. The third-order valence-corrected chi connectivity index (χ3v) is 6.27. The summed E-state index contributed by atoms with van der Waals surface area (Å²) in [7, 11) is 3.21. The second-order valence-electron chi connectivity index (χ2n) is 6.70. The van der Waals surface area contributed by atoms with Gasteiger partial charge >= 0.3 is 0 Å². The van der Waals surface area contributed by atoms with Gasteiger partial charge in [0.2, 0.25) is 0 Å². The first kappa shape index (κ1) is 20.4. The molecule has 4 rings (SSSR count). The van der Waals surface area contributed by atoms with Gasteiger partial charge in [-0.15, -0.1) is 0 Å². The topological polar surface area (TPSA) is 51.7 Å². The Morgan fingerprint density at radius 3 is 2.70 bits per heavy atom. The first-order valence-corrected chi connectivity index (χ1v) is 10.6. The van der Waals surface area contributed by atoms with Crippen LogP contribution in [0, 0.1) is 0 Å². The van der Waals surface area contributed by atoms with E-state index in [4.69, 9.17) is 21.7 Å². The lowest BCUT2D eigenvalue weighted by Crippen LogP contribution is -2.30. The van der Waals surface area contributed by atoms with E-state index >= 15 is 0 Å². The summed E-state index contributed by atoms with van der Waals surface area (Å²) in [5.41, 5.74) is 2.83. The lowest BCUT2D eigenvalue weighted by molar-refractivity contribution is -0.122. The number of hydrogen-bond donors (Lipinski definition) is 0. The number of hydrogen-bond acceptors (Lipinski definition) is 6. The summed E-state index contributed by atoms with van der Waals surface area (Å²) in [5, 5.41) is 1.04. The number of rotatable bonds is 6. The molecule has 3 aromatic rings. The van der Waals surface area contributed by atoms with Crippen LogP contribution in [-0.2, 0) is 11.2 Å². The van der Waals surface area contributed by atoms with Crippen LogP contribution in [0.25, 0.3) is 17.0 Å². The zero-order valence-corrected chi connectivity index (χ0v) is 18.3. The highest BCUT2D eigenvalue weighted by Gasteiger charge is 2.31. The molecule has 1 saturated heterocycles. The Morgan fingerprint density at radius 1 is 1.10 bits per heavy atom. The Balaban J connectivity index is 1.52. The average molecular weight is 437 g/mol. The minimum atomic E-state index is -0.0709. The van der Waals surface area contributed by atoms with Crippen molar-refractivity contribution in [3.05, 3.63) is 70.8 Å². The molecule has 1 fully saturated rings. The molecule has 1 amide bonds. The third-order valence-electron chi connectivity index (χ3n) is 4.90. The Bertz CT molecular complexity index is 1150. The molecule has 1 aliphatic rings. The molecule has 0 N–H and O–H groups in total. The number of pyridine rings is 1. The molecule has 0 atom stereocenters. The van der Waals surface area contributed by atoms with Crippen molar-refractivity contribution in [3.8, 4) is 11.5 Å². The van der Waals surface area contributed by atoms with Gasteiger partial charge in [0, 0.05) is 23.7 Å². The maximum Gasteiger partial charge on any atom is 0.266 e. The van der Waals surface area contributed by atoms with Crippen molar-refractivity contribution in [1.29, 1.82) is 0 Å². The van der Waals surface area contributed by atoms with Crippen LogP contribution < -0.4 is 9.47 Å². The van der Waals surface area contributed by atoms with E-state index in [1.54, 1.807) is 25.3 Å². The van der Waals surface area contributed by atoms with E-state index in [2.05, 4.69) is 4.98 Å². The normalized spacial score (nSPS) is 15.3. The Hall–Kier alpha value is -2.90. The standard InChI is InChI=1S/C23H20N2O3S2/c1-27-18-9-8-15(13-19(18)28-2)10-12-25-22(26)20(30-23(25)29)14-17-6-3-5-16-7-4-11-24-21(16)17/h3-9,11,13-14H,10,12H2,1-2H3/b20-14-. The number of ether oxygens (including phenoxy) is 2. The molecule has 1 aliphatic heterocycles. The van der Waals surface area contributed by atoms with Crippen molar-refractivity contribution in [3.63, 3.8) is 0 Å². The van der Waals surface area contributed by atoms with Crippen LogP contribution in [0.3, 0.4) is 0 Å². The van der Waals surface area contributed by atoms with E-state index in [1.165, 1.54) is 11.8 Å². The summed E-state index contributed by atoms with van der Waals surface area (Å²) in [6.45, 7) is 0.505. The van der Waals surface area contributed by atoms with Crippen LogP contribution >= 0.6 is 24.0 Å². The number of benzene rings is 2. The number of carbonyl (C=O) groups excluding carboxylic acids is 1. The number of amides is 1. The fourth-order valence-electron chi connectivity index (χ4n) is 3.36. The minimum absolute atomic E-state index is 0.0709. The van der Waals surface area contributed by atoms with Gasteiger partial charge in [-0.2, -0.15) is 0 Å². The van der Waals surface area contributed by atoms with Gasteiger partial charge in [-0.25, -0.2) is 0 Å². The molecule has 0 spiro atoms. The lowest BCUT2D eigenvalue weighted by atomic mass is 10.1. The van der Waals surface area contributed by atoms with E-state index in [1.807, 2.05) is 54.6 Å². The van der Waals surface area contributed by atoms with Gasteiger partial charge in [-0.05, 0) is 36.3 Å². The second-order valence-corrected chi connectivity index (χ2v) is 8.37. The van der Waals surface area contributed by atoms with E-state index in [0.29, 0.717) is 33.7 Å². The fourth-order valence-corrected chi connectivity index (χ4v) is 4.65. The summed E-state index contributed by atoms with van der Waals surface area (Å²) in [6, 6.07) is 15.6. The van der Waals surface area contributed by atoms with Crippen LogP contribution in [0.5, 0.6) is 11.5 Å². The molecular weight excluding hydrogens is 416 g/mol. The van der Waals surface area contributed by atoms with Crippen LogP contribution in [-0.4, -0.2) is 40.9 Å². The number of carbonyl (C=O) groups is 1. The number of aromatic nitrogens is 1. The Labute approximate surface area is 184 Å². The van der Waals surface area contributed by atoms with E-state index in [0.717, 1.165) is 22.0 Å². The van der Waals surface area contributed by atoms with Gasteiger partial charge in [-0.3, -0.25) is 14.7 Å². The average Bonchev–Trinajstić information content (AvgIpc) is 3.04. The molecule has 0 aliphatic carbocycles. The zero-order chi connectivity index (χ0) is 21.1. The number of nitrogens with zero attached hydrogens (tertiary/aromatic N) is 2. The van der Waals surface area contributed by atoms with Gasteiger partial charge in [0.05, 0.1) is 24.6 Å². The highest BCUT2D eigenvalue weighted by Crippen LogP contribution is 2.34. The van der Waals surface area contributed by atoms with Gasteiger partial charge in [0.15, 0.2) is 11.5 Å². The molecule has 1 aromatic heterocycles. The van der Waals surface area contributed by atoms with Crippen molar-refractivity contribution in [2.24, 2.45) is 0 Å². The summed E-state index contributed by atoms with van der Waals surface area (Å²) in [5.74, 6) is 1.28. The number of thioether (sulfide) groups is 1. The molecule has 2 heterocycles. The van der Waals surface area contributed by atoms with Gasteiger partial charge in [0.25, 0.3) is 5.91 Å². The molecule has 0 unspecified atom stereocenters. The summed E-state index contributed by atoms with van der Waals surface area (Å²) in [4.78, 5) is 19.7. The molecule has 152 valence electrons. The largest absolute Gasteiger partial charge is 0.493 e. The van der Waals surface area contributed by atoms with E-state index in [-0.39, 0.29) is 5.91 Å². The first-order valence-electron chi connectivity index (χ1n) is 9.40. The van der Waals surface area contributed by atoms with Crippen LogP contribution in [0.2, 0.25) is 0 Å². The van der Waals surface area contributed by atoms with Gasteiger partial charge < -0.3 is 9.47 Å². The monoisotopic (exact) mass is 436 g/mol. The molecule has 7 heteroatoms. The fraction of sp³-hybridized carbons (Fsp3) is 0.174. The molecule has 2 aromatic carbocycles. The zero-order valence-electron chi connectivity index (χ0n) is 16.6. The summed E-state index contributed by atoms with van der Waals surface area (Å²) >= 11 is 6.81. The number of fused-ring (bicyclic) bond motifs is 1. The quantitative estimate of drug-likeness (QED) is 0.413.